The zero-order chi connectivity index (χ0) is 9.19. The zero-order valence-electron chi connectivity index (χ0n) is 8.26. The van der Waals surface area contributed by atoms with E-state index in [0.717, 1.165) is 18.7 Å². The van der Waals surface area contributed by atoms with Crippen molar-refractivity contribution >= 4 is 0 Å². The summed E-state index contributed by atoms with van der Waals surface area (Å²) in [5, 5.41) is 0. The maximum absolute atomic E-state index is 5.51. The standard InChI is InChI=1S/C9H17NO2/c1-9(2)11-7-8(12-9)5-6-10(3)4/h7H,5-6H2,1-4H3. The quantitative estimate of drug-likeness (QED) is 0.643. The Morgan fingerprint density at radius 1 is 1.42 bits per heavy atom. The first-order chi connectivity index (χ1) is 5.49. The predicted octanol–water partition coefficient (Wildman–Crippen LogP) is 1.56. The van der Waals surface area contributed by atoms with E-state index in [2.05, 4.69) is 4.90 Å². The molecular weight excluding hydrogens is 154 g/mol. The Labute approximate surface area is 74.0 Å². The summed E-state index contributed by atoms with van der Waals surface area (Å²) in [7, 11) is 4.09. The van der Waals surface area contributed by atoms with Gasteiger partial charge in [-0.2, -0.15) is 0 Å². The third kappa shape index (κ3) is 2.74. The lowest BCUT2D eigenvalue weighted by Crippen LogP contribution is -2.21. The number of hydrogen-bond acceptors (Lipinski definition) is 3. The predicted molar refractivity (Wildman–Crippen MR) is 47.5 cm³/mol. The first kappa shape index (κ1) is 9.39. The molecule has 0 aromatic rings. The van der Waals surface area contributed by atoms with Crippen LogP contribution in [0.2, 0.25) is 0 Å². The molecule has 0 aromatic heterocycles. The molecule has 0 atom stereocenters. The van der Waals surface area contributed by atoms with Gasteiger partial charge in [0.1, 0.15) is 12.0 Å². The molecule has 0 bridgehead atoms. The van der Waals surface area contributed by atoms with E-state index in [0.29, 0.717) is 0 Å². The smallest absolute Gasteiger partial charge is 0.244 e. The summed E-state index contributed by atoms with van der Waals surface area (Å²) in [5.41, 5.74) is 0. The van der Waals surface area contributed by atoms with Crippen molar-refractivity contribution in [2.75, 3.05) is 20.6 Å². The Hall–Kier alpha value is -0.700. The van der Waals surface area contributed by atoms with Crippen molar-refractivity contribution < 1.29 is 9.47 Å². The Balaban J connectivity index is 2.28. The summed E-state index contributed by atoms with van der Waals surface area (Å²) in [6.45, 7) is 4.81. The van der Waals surface area contributed by atoms with Crippen molar-refractivity contribution in [2.45, 2.75) is 26.1 Å². The van der Waals surface area contributed by atoms with E-state index in [1.807, 2.05) is 27.9 Å². The monoisotopic (exact) mass is 171 g/mol. The third-order valence-electron chi connectivity index (χ3n) is 1.66. The molecule has 3 heteroatoms. The van der Waals surface area contributed by atoms with Crippen LogP contribution in [0.4, 0.5) is 0 Å². The third-order valence-corrected chi connectivity index (χ3v) is 1.66. The van der Waals surface area contributed by atoms with Gasteiger partial charge in [0.25, 0.3) is 0 Å². The second-order valence-corrected chi connectivity index (χ2v) is 3.76. The summed E-state index contributed by atoms with van der Waals surface area (Å²) in [5.74, 6) is 0.482. The lowest BCUT2D eigenvalue weighted by Gasteiger charge is -2.18. The van der Waals surface area contributed by atoms with Gasteiger partial charge in [-0.1, -0.05) is 0 Å². The van der Waals surface area contributed by atoms with Crippen LogP contribution < -0.4 is 0 Å². The van der Waals surface area contributed by atoms with Crippen LogP contribution in [0.25, 0.3) is 0 Å². The summed E-state index contributed by atoms with van der Waals surface area (Å²) >= 11 is 0. The van der Waals surface area contributed by atoms with Crippen molar-refractivity contribution in [3.63, 3.8) is 0 Å². The average molecular weight is 171 g/mol. The fourth-order valence-electron chi connectivity index (χ4n) is 1.02. The minimum atomic E-state index is -0.457. The minimum absolute atomic E-state index is 0.457. The number of nitrogens with zero attached hydrogens (tertiary/aromatic N) is 1. The maximum Gasteiger partial charge on any atom is 0.244 e. The molecule has 0 saturated carbocycles. The van der Waals surface area contributed by atoms with E-state index in [9.17, 15) is 0 Å². The lowest BCUT2D eigenvalue weighted by molar-refractivity contribution is -0.117. The number of rotatable bonds is 3. The molecule has 0 aromatic carbocycles. The van der Waals surface area contributed by atoms with Crippen LogP contribution in [0.1, 0.15) is 20.3 Å². The van der Waals surface area contributed by atoms with Crippen molar-refractivity contribution in [2.24, 2.45) is 0 Å². The Morgan fingerprint density at radius 3 is 2.50 bits per heavy atom. The van der Waals surface area contributed by atoms with Gasteiger partial charge in [-0.3, -0.25) is 0 Å². The van der Waals surface area contributed by atoms with Gasteiger partial charge in [-0.25, -0.2) is 0 Å². The Morgan fingerprint density at radius 2 is 2.08 bits per heavy atom. The molecule has 0 N–H and O–H groups in total. The molecule has 0 unspecified atom stereocenters. The van der Waals surface area contributed by atoms with E-state index < -0.39 is 5.79 Å². The number of hydrogen-bond donors (Lipinski definition) is 0. The summed E-state index contributed by atoms with van der Waals surface area (Å²) < 4.78 is 10.8. The lowest BCUT2D eigenvalue weighted by atomic mass is 10.3. The van der Waals surface area contributed by atoms with Crippen LogP contribution in [0.3, 0.4) is 0 Å². The molecule has 3 nitrogen and oxygen atoms in total. The SMILES string of the molecule is CN(C)CCC1=COC(C)(C)O1. The zero-order valence-corrected chi connectivity index (χ0v) is 8.26. The van der Waals surface area contributed by atoms with E-state index in [-0.39, 0.29) is 0 Å². The first-order valence-electron chi connectivity index (χ1n) is 4.20. The van der Waals surface area contributed by atoms with Gasteiger partial charge in [0.15, 0.2) is 0 Å². The van der Waals surface area contributed by atoms with E-state index in [4.69, 9.17) is 9.47 Å². The Kier molecular flexibility index (Phi) is 2.62. The first-order valence-corrected chi connectivity index (χ1v) is 4.20. The molecule has 1 aliphatic heterocycles. The second-order valence-electron chi connectivity index (χ2n) is 3.76. The normalized spacial score (nSPS) is 20.2. The molecule has 0 saturated heterocycles. The highest BCUT2D eigenvalue weighted by Crippen LogP contribution is 2.25. The summed E-state index contributed by atoms with van der Waals surface area (Å²) in [6.07, 6.45) is 2.62. The molecule has 70 valence electrons. The van der Waals surface area contributed by atoms with Gasteiger partial charge in [0.2, 0.25) is 5.79 Å². The van der Waals surface area contributed by atoms with Gasteiger partial charge < -0.3 is 14.4 Å². The van der Waals surface area contributed by atoms with Crippen LogP contribution in [0, 0.1) is 0 Å². The van der Waals surface area contributed by atoms with Gasteiger partial charge in [0, 0.05) is 26.8 Å². The van der Waals surface area contributed by atoms with Crippen molar-refractivity contribution in [1.29, 1.82) is 0 Å². The largest absolute Gasteiger partial charge is 0.457 e. The van der Waals surface area contributed by atoms with Gasteiger partial charge in [-0.05, 0) is 14.1 Å². The molecule has 1 aliphatic rings. The van der Waals surface area contributed by atoms with Crippen LogP contribution >= 0.6 is 0 Å². The molecular formula is C9H17NO2. The molecule has 0 amide bonds. The van der Waals surface area contributed by atoms with Gasteiger partial charge in [-0.15, -0.1) is 0 Å². The minimum Gasteiger partial charge on any atom is -0.457 e. The van der Waals surface area contributed by atoms with Gasteiger partial charge in [0.05, 0.1) is 0 Å². The van der Waals surface area contributed by atoms with Crippen molar-refractivity contribution in [3.05, 3.63) is 12.0 Å². The highest BCUT2D eigenvalue weighted by Gasteiger charge is 2.26. The molecule has 1 heterocycles. The Bertz CT molecular complexity index is 185. The topological polar surface area (TPSA) is 21.7 Å². The molecule has 0 fully saturated rings. The van der Waals surface area contributed by atoms with E-state index in [1.54, 1.807) is 6.26 Å². The van der Waals surface area contributed by atoms with E-state index >= 15 is 0 Å². The highest BCUT2D eigenvalue weighted by atomic mass is 16.7. The van der Waals surface area contributed by atoms with Gasteiger partial charge >= 0.3 is 0 Å². The van der Waals surface area contributed by atoms with Crippen LogP contribution in [-0.2, 0) is 9.47 Å². The fraction of sp³-hybridized carbons (Fsp3) is 0.778. The average Bonchev–Trinajstić information content (AvgIpc) is 2.26. The van der Waals surface area contributed by atoms with Crippen LogP contribution in [0.15, 0.2) is 12.0 Å². The number of ether oxygens (including phenoxy) is 2. The van der Waals surface area contributed by atoms with Crippen molar-refractivity contribution in [1.82, 2.24) is 4.90 Å². The van der Waals surface area contributed by atoms with Crippen LogP contribution in [-0.4, -0.2) is 31.3 Å². The summed E-state index contributed by atoms with van der Waals surface area (Å²) in [6, 6.07) is 0. The molecule has 0 aliphatic carbocycles. The van der Waals surface area contributed by atoms with Crippen LogP contribution in [0.5, 0.6) is 0 Å². The fourth-order valence-corrected chi connectivity index (χ4v) is 1.02. The molecule has 0 radical (unpaired) electrons. The van der Waals surface area contributed by atoms with Crippen molar-refractivity contribution in [3.8, 4) is 0 Å². The second kappa shape index (κ2) is 3.35. The maximum atomic E-state index is 5.51. The van der Waals surface area contributed by atoms with E-state index in [1.165, 1.54) is 0 Å². The molecule has 0 spiro atoms. The summed E-state index contributed by atoms with van der Waals surface area (Å²) in [4.78, 5) is 2.12. The molecule has 1 rings (SSSR count). The molecule has 12 heavy (non-hydrogen) atoms. The highest BCUT2D eigenvalue weighted by molar-refractivity contribution is 4.95.